The zero-order valence-corrected chi connectivity index (χ0v) is 9.82. The van der Waals surface area contributed by atoms with Gasteiger partial charge in [0.15, 0.2) is 0 Å². The number of nitrogens with zero attached hydrogens (tertiary/aromatic N) is 2. The van der Waals surface area contributed by atoms with Gasteiger partial charge in [-0.1, -0.05) is 6.42 Å². The highest BCUT2D eigenvalue weighted by atomic mass is 15.0. The van der Waals surface area contributed by atoms with Crippen LogP contribution in [0.4, 0.5) is 5.82 Å². The van der Waals surface area contributed by atoms with Crippen molar-refractivity contribution >= 4 is 5.82 Å². The van der Waals surface area contributed by atoms with Gasteiger partial charge in [-0.05, 0) is 50.0 Å². The predicted octanol–water partition coefficient (Wildman–Crippen LogP) is 2.63. The molecule has 2 aliphatic rings. The molecule has 16 heavy (non-hydrogen) atoms. The summed E-state index contributed by atoms with van der Waals surface area (Å²) in [4.78, 5) is 8.48. The molecule has 0 aliphatic heterocycles. The first-order chi connectivity index (χ1) is 7.81. The van der Waals surface area contributed by atoms with Crippen LogP contribution in [0.25, 0.3) is 0 Å². The van der Waals surface area contributed by atoms with Crippen molar-refractivity contribution < 1.29 is 0 Å². The van der Waals surface area contributed by atoms with Crippen LogP contribution in [-0.4, -0.2) is 16.5 Å². The molecule has 0 amide bonds. The van der Waals surface area contributed by atoms with Crippen molar-refractivity contribution in [3.8, 4) is 0 Å². The third kappa shape index (κ3) is 1.91. The molecule has 1 heterocycles. The van der Waals surface area contributed by atoms with Crippen molar-refractivity contribution in [1.29, 1.82) is 0 Å². The quantitative estimate of drug-likeness (QED) is 0.845. The van der Waals surface area contributed by atoms with Gasteiger partial charge in [0.05, 0.1) is 0 Å². The van der Waals surface area contributed by atoms with Crippen molar-refractivity contribution in [3.05, 3.63) is 18.1 Å². The van der Waals surface area contributed by atoms with Gasteiger partial charge in [0.1, 0.15) is 11.6 Å². The Labute approximate surface area is 96.7 Å². The Bertz CT molecular complexity index is 377. The number of anilines is 1. The Balaban J connectivity index is 1.57. The highest BCUT2D eigenvalue weighted by Crippen LogP contribution is 2.48. The Morgan fingerprint density at radius 3 is 3.00 bits per heavy atom. The van der Waals surface area contributed by atoms with Crippen LogP contribution in [0.5, 0.6) is 0 Å². The van der Waals surface area contributed by atoms with E-state index in [1.54, 1.807) is 0 Å². The third-order valence-electron chi connectivity index (χ3n) is 4.21. The summed E-state index contributed by atoms with van der Waals surface area (Å²) in [6.07, 6.45) is 7.68. The average molecular weight is 217 g/mol. The van der Waals surface area contributed by atoms with Gasteiger partial charge in [-0.3, -0.25) is 0 Å². The molecule has 0 radical (unpaired) electrons. The fraction of sp³-hybridized carbons (Fsp3) is 0.692. The smallest absolute Gasteiger partial charge is 0.129 e. The Kier molecular flexibility index (Phi) is 2.54. The standard InChI is InChI=1S/C13H19N3/c1-9-14-5-4-13(16-9)15-8-12-7-10-2-3-11(12)6-10/h4-5,10-12H,2-3,6-8H2,1H3,(H,14,15,16). The maximum atomic E-state index is 4.37. The summed E-state index contributed by atoms with van der Waals surface area (Å²) in [6, 6.07) is 1.96. The lowest BCUT2D eigenvalue weighted by Crippen LogP contribution is -2.20. The lowest BCUT2D eigenvalue weighted by atomic mass is 9.89. The van der Waals surface area contributed by atoms with Crippen LogP contribution in [0.3, 0.4) is 0 Å². The molecule has 3 atom stereocenters. The van der Waals surface area contributed by atoms with E-state index in [4.69, 9.17) is 0 Å². The molecule has 2 aliphatic carbocycles. The summed E-state index contributed by atoms with van der Waals surface area (Å²) in [5.74, 6) is 4.73. The van der Waals surface area contributed by atoms with Gasteiger partial charge in [0, 0.05) is 12.7 Å². The molecule has 1 aromatic heterocycles. The highest BCUT2D eigenvalue weighted by molar-refractivity contribution is 5.32. The van der Waals surface area contributed by atoms with Crippen LogP contribution in [0.15, 0.2) is 12.3 Å². The van der Waals surface area contributed by atoms with Crippen LogP contribution in [-0.2, 0) is 0 Å². The normalized spacial score (nSPS) is 31.9. The SMILES string of the molecule is Cc1nccc(NCC2CC3CCC2C3)n1. The molecule has 1 aromatic rings. The largest absolute Gasteiger partial charge is 0.370 e. The molecule has 1 N–H and O–H groups in total. The minimum absolute atomic E-state index is 0.845. The zero-order chi connectivity index (χ0) is 11.0. The van der Waals surface area contributed by atoms with Gasteiger partial charge >= 0.3 is 0 Å². The van der Waals surface area contributed by atoms with Crippen molar-refractivity contribution in [2.45, 2.75) is 32.6 Å². The molecule has 3 rings (SSSR count). The molecule has 0 aromatic carbocycles. The summed E-state index contributed by atoms with van der Waals surface area (Å²) in [6.45, 7) is 3.03. The van der Waals surface area contributed by atoms with E-state index in [-0.39, 0.29) is 0 Å². The van der Waals surface area contributed by atoms with E-state index in [9.17, 15) is 0 Å². The summed E-state index contributed by atoms with van der Waals surface area (Å²) in [7, 11) is 0. The van der Waals surface area contributed by atoms with Crippen LogP contribution in [0, 0.1) is 24.7 Å². The van der Waals surface area contributed by atoms with Gasteiger partial charge in [-0.2, -0.15) is 0 Å². The highest BCUT2D eigenvalue weighted by Gasteiger charge is 2.38. The second-order valence-corrected chi connectivity index (χ2v) is 5.30. The van der Waals surface area contributed by atoms with E-state index in [1.807, 2.05) is 19.2 Å². The van der Waals surface area contributed by atoms with Crippen LogP contribution in [0.2, 0.25) is 0 Å². The third-order valence-corrected chi connectivity index (χ3v) is 4.21. The number of nitrogens with one attached hydrogen (secondary N) is 1. The number of aryl methyl sites for hydroxylation is 1. The lowest BCUT2D eigenvalue weighted by molar-refractivity contribution is 0.348. The summed E-state index contributed by atoms with van der Waals surface area (Å²) in [5.41, 5.74) is 0. The maximum Gasteiger partial charge on any atom is 0.129 e. The molecule has 3 nitrogen and oxygen atoms in total. The molecule has 2 bridgehead atoms. The van der Waals surface area contributed by atoms with Gasteiger partial charge < -0.3 is 5.32 Å². The number of aromatic nitrogens is 2. The summed E-state index contributed by atoms with van der Waals surface area (Å²) >= 11 is 0. The molecule has 3 heteroatoms. The Morgan fingerprint density at radius 1 is 1.38 bits per heavy atom. The van der Waals surface area contributed by atoms with Gasteiger partial charge in [0.25, 0.3) is 0 Å². The lowest BCUT2D eigenvalue weighted by Gasteiger charge is -2.22. The first kappa shape index (κ1) is 10.1. The zero-order valence-electron chi connectivity index (χ0n) is 9.82. The molecule has 0 spiro atoms. The first-order valence-corrected chi connectivity index (χ1v) is 6.35. The van der Waals surface area contributed by atoms with Crippen molar-refractivity contribution in [1.82, 2.24) is 9.97 Å². The van der Waals surface area contributed by atoms with Crippen LogP contribution >= 0.6 is 0 Å². The summed E-state index contributed by atoms with van der Waals surface area (Å²) < 4.78 is 0. The second-order valence-electron chi connectivity index (χ2n) is 5.30. The van der Waals surface area contributed by atoms with E-state index in [0.29, 0.717) is 0 Å². The summed E-state index contributed by atoms with van der Waals surface area (Å²) in [5, 5.41) is 3.46. The number of hydrogen-bond donors (Lipinski definition) is 1. The molecule has 2 fully saturated rings. The molecule has 0 saturated heterocycles. The number of hydrogen-bond acceptors (Lipinski definition) is 3. The first-order valence-electron chi connectivity index (χ1n) is 6.35. The van der Waals surface area contributed by atoms with Crippen LogP contribution < -0.4 is 5.32 Å². The van der Waals surface area contributed by atoms with Crippen molar-refractivity contribution in [2.75, 3.05) is 11.9 Å². The minimum Gasteiger partial charge on any atom is -0.370 e. The monoisotopic (exact) mass is 217 g/mol. The molecular weight excluding hydrogens is 198 g/mol. The number of rotatable bonds is 3. The van der Waals surface area contributed by atoms with E-state index in [1.165, 1.54) is 25.7 Å². The van der Waals surface area contributed by atoms with E-state index >= 15 is 0 Å². The molecule has 2 saturated carbocycles. The minimum atomic E-state index is 0.845. The molecule has 86 valence electrons. The second kappa shape index (κ2) is 4.04. The van der Waals surface area contributed by atoms with Gasteiger partial charge in [0.2, 0.25) is 0 Å². The van der Waals surface area contributed by atoms with E-state index in [2.05, 4.69) is 15.3 Å². The maximum absolute atomic E-state index is 4.37. The Morgan fingerprint density at radius 2 is 2.31 bits per heavy atom. The molecule has 3 unspecified atom stereocenters. The number of fused-ring (bicyclic) bond motifs is 2. The van der Waals surface area contributed by atoms with E-state index < -0.39 is 0 Å². The average Bonchev–Trinajstić information content (AvgIpc) is 2.88. The fourth-order valence-corrected chi connectivity index (χ4v) is 3.42. The predicted molar refractivity (Wildman–Crippen MR) is 64.2 cm³/mol. The fourth-order valence-electron chi connectivity index (χ4n) is 3.42. The Hall–Kier alpha value is -1.12. The van der Waals surface area contributed by atoms with Crippen molar-refractivity contribution in [3.63, 3.8) is 0 Å². The topological polar surface area (TPSA) is 37.8 Å². The van der Waals surface area contributed by atoms with E-state index in [0.717, 1.165) is 35.9 Å². The van der Waals surface area contributed by atoms with Gasteiger partial charge in [-0.25, -0.2) is 9.97 Å². The molecular formula is C13H19N3. The van der Waals surface area contributed by atoms with Crippen LogP contribution in [0.1, 0.15) is 31.5 Å². The van der Waals surface area contributed by atoms with Crippen molar-refractivity contribution in [2.24, 2.45) is 17.8 Å². The van der Waals surface area contributed by atoms with Gasteiger partial charge in [-0.15, -0.1) is 0 Å².